The van der Waals surface area contributed by atoms with Gasteiger partial charge in [0.05, 0.1) is 12.5 Å². The van der Waals surface area contributed by atoms with Crippen LogP contribution in [0.2, 0.25) is 0 Å². The van der Waals surface area contributed by atoms with Crippen molar-refractivity contribution in [2.45, 2.75) is 25.5 Å². The molecule has 5 nitrogen and oxygen atoms in total. The van der Waals surface area contributed by atoms with Gasteiger partial charge in [-0.15, -0.1) is 0 Å². The van der Waals surface area contributed by atoms with Gasteiger partial charge in [-0.3, -0.25) is 9.79 Å². The number of carbonyl (C=O) groups excluding carboxylic acids is 1. The molecule has 0 aromatic heterocycles. The first kappa shape index (κ1) is 20.6. The predicted molar refractivity (Wildman–Crippen MR) is 105 cm³/mol. The largest absolute Gasteiger partial charge is 0.466 e. The predicted octanol–water partition coefficient (Wildman–Crippen LogP) is 2.91. The number of nitrogens with one attached hydrogen (secondary N) is 1. The zero-order valence-electron chi connectivity index (χ0n) is 15.5. The van der Waals surface area contributed by atoms with E-state index in [1.807, 2.05) is 19.1 Å². The van der Waals surface area contributed by atoms with Gasteiger partial charge in [0.25, 0.3) is 0 Å². The number of esters is 1. The van der Waals surface area contributed by atoms with E-state index >= 15 is 0 Å². The maximum atomic E-state index is 13.6. The van der Waals surface area contributed by atoms with Gasteiger partial charge in [0, 0.05) is 38.2 Å². The summed E-state index contributed by atoms with van der Waals surface area (Å²) in [5.41, 5.74) is 0.739. The molecule has 0 atom stereocenters. The highest BCUT2D eigenvalue weighted by atomic mass is 32.2. The standard InChI is InChI=1S/C19H28FN3O2S/c1-3-25-18(24)15-8-11-23(12-9-15)19(21-2)22-10-13-26-14-16-6-4-5-7-17(16)20/h4-7,15H,3,8-14H2,1-2H3,(H,21,22). The Morgan fingerprint density at radius 2 is 2.12 bits per heavy atom. The van der Waals surface area contributed by atoms with Crippen molar-refractivity contribution >= 4 is 23.7 Å². The highest BCUT2D eigenvalue weighted by Crippen LogP contribution is 2.19. The maximum Gasteiger partial charge on any atom is 0.309 e. The van der Waals surface area contributed by atoms with E-state index in [0.717, 1.165) is 49.8 Å². The van der Waals surface area contributed by atoms with Gasteiger partial charge in [0.1, 0.15) is 5.82 Å². The average Bonchev–Trinajstić information content (AvgIpc) is 2.66. The average molecular weight is 382 g/mol. The first-order valence-corrected chi connectivity index (χ1v) is 10.2. The lowest BCUT2D eigenvalue weighted by Crippen LogP contribution is -2.47. The number of hydrogen-bond acceptors (Lipinski definition) is 4. The van der Waals surface area contributed by atoms with Gasteiger partial charge in [-0.1, -0.05) is 18.2 Å². The zero-order chi connectivity index (χ0) is 18.8. The number of likely N-dealkylation sites (tertiary alicyclic amines) is 1. The fraction of sp³-hybridized carbons (Fsp3) is 0.579. The van der Waals surface area contributed by atoms with Crippen LogP contribution in [0.3, 0.4) is 0 Å². The third kappa shape index (κ3) is 6.20. The molecule has 1 N–H and O–H groups in total. The molecule has 0 unspecified atom stereocenters. The molecule has 1 saturated heterocycles. The number of nitrogens with zero attached hydrogens (tertiary/aromatic N) is 2. The minimum absolute atomic E-state index is 0.000584. The zero-order valence-corrected chi connectivity index (χ0v) is 16.4. The number of carbonyl (C=O) groups is 1. The van der Waals surface area contributed by atoms with Crippen molar-refractivity contribution in [2.75, 3.05) is 39.0 Å². The monoisotopic (exact) mass is 381 g/mol. The van der Waals surface area contributed by atoms with E-state index in [4.69, 9.17) is 4.74 Å². The van der Waals surface area contributed by atoms with E-state index in [1.165, 1.54) is 6.07 Å². The molecule has 1 aliphatic rings. The summed E-state index contributed by atoms with van der Waals surface area (Å²) in [7, 11) is 1.77. The first-order valence-electron chi connectivity index (χ1n) is 9.09. The van der Waals surface area contributed by atoms with Crippen LogP contribution >= 0.6 is 11.8 Å². The van der Waals surface area contributed by atoms with Crippen molar-refractivity contribution in [3.8, 4) is 0 Å². The van der Waals surface area contributed by atoms with Crippen molar-refractivity contribution < 1.29 is 13.9 Å². The molecule has 1 aliphatic heterocycles. The van der Waals surface area contributed by atoms with Gasteiger partial charge in [0.15, 0.2) is 5.96 Å². The quantitative estimate of drug-likeness (QED) is 0.341. The molecular weight excluding hydrogens is 353 g/mol. The summed E-state index contributed by atoms with van der Waals surface area (Å²) < 4.78 is 18.7. The van der Waals surface area contributed by atoms with E-state index < -0.39 is 0 Å². The highest BCUT2D eigenvalue weighted by Gasteiger charge is 2.27. The van der Waals surface area contributed by atoms with Crippen molar-refractivity contribution in [1.82, 2.24) is 10.2 Å². The summed E-state index contributed by atoms with van der Waals surface area (Å²) >= 11 is 1.69. The smallest absolute Gasteiger partial charge is 0.309 e. The maximum absolute atomic E-state index is 13.6. The Labute approximate surface area is 159 Å². The molecule has 144 valence electrons. The van der Waals surface area contributed by atoms with E-state index in [9.17, 15) is 9.18 Å². The van der Waals surface area contributed by atoms with Gasteiger partial charge in [-0.25, -0.2) is 4.39 Å². The molecule has 0 saturated carbocycles. The molecule has 1 aromatic carbocycles. The number of aliphatic imine (C=N–C) groups is 1. The Morgan fingerprint density at radius 3 is 2.77 bits per heavy atom. The van der Waals surface area contributed by atoms with Gasteiger partial charge in [-0.05, 0) is 31.4 Å². The summed E-state index contributed by atoms with van der Waals surface area (Å²) in [6, 6.07) is 6.89. The van der Waals surface area contributed by atoms with Crippen LogP contribution < -0.4 is 5.32 Å². The summed E-state index contributed by atoms with van der Waals surface area (Å²) in [6.07, 6.45) is 1.59. The second kappa shape index (κ2) is 11.1. The Morgan fingerprint density at radius 1 is 1.38 bits per heavy atom. The summed E-state index contributed by atoms with van der Waals surface area (Å²) in [4.78, 5) is 18.3. The number of ether oxygens (including phenoxy) is 1. The van der Waals surface area contributed by atoms with Crippen LogP contribution in [0.5, 0.6) is 0 Å². The first-order chi connectivity index (χ1) is 12.7. The van der Waals surface area contributed by atoms with Crippen LogP contribution in [0.25, 0.3) is 0 Å². The summed E-state index contributed by atoms with van der Waals surface area (Å²) in [5, 5.41) is 3.35. The fourth-order valence-electron chi connectivity index (χ4n) is 2.95. The molecule has 0 radical (unpaired) electrons. The van der Waals surface area contributed by atoms with Crippen molar-refractivity contribution in [3.05, 3.63) is 35.6 Å². The molecule has 0 bridgehead atoms. The lowest BCUT2D eigenvalue weighted by Gasteiger charge is -2.33. The third-order valence-corrected chi connectivity index (χ3v) is 5.38. The molecule has 7 heteroatoms. The Balaban J connectivity index is 1.67. The van der Waals surface area contributed by atoms with Gasteiger partial charge >= 0.3 is 5.97 Å². The number of benzene rings is 1. The van der Waals surface area contributed by atoms with Gasteiger partial charge in [-0.2, -0.15) is 11.8 Å². The van der Waals surface area contributed by atoms with E-state index in [2.05, 4.69) is 15.2 Å². The molecule has 0 amide bonds. The SMILES string of the molecule is CCOC(=O)C1CCN(C(=NC)NCCSCc2ccccc2F)CC1. The molecular formula is C19H28FN3O2S. The second-order valence-corrected chi connectivity index (χ2v) is 7.24. The number of rotatable bonds is 7. The van der Waals surface area contributed by atoms with Crippen LogP contribution in [0.1, 0.15) is 25.3 Å². The van der Waals surface area contributed by atoms with Crippen LogP contribution in [-0.2, 0) is 15.3 Å². The fourth-order valence-corrected chi connectivity index (χ4v) is 3.80. The number of hydrogen-bond donors (Lipinski definition) is 1. The van der Waals surface area contributed by atoms with E-state index in [-0.39, 0.29) is 17.7 Å². The van der Waals surface area contributed by atoms with E-state index in [1.54, 1.807) is 24.9 Å². The second-order valence-electron chi connectivity index (χ2n) is 6.13. The Bertz CT molecular complexity index is 604. The normalized spacial score (nSPS) is 15.8. The van der Waals surface area contributed by atoms with Gasteiger partial charge in [0.2, 0.25) is 0 Å². The topological polar surface area (TPSA) is 53.9 Å². The summed E-state index contributed by atoms with van der Waals surface area (Å²) in [5.74, 6) is 2.16. The lowest BCUT2D eigenvalue weighted by atomic mass is 9.97. The van der Waals surface area contributed by atoms with Gasteiger partial charge < -0.3 is 15.0 Å². The van der Waals surface area contributed by atoms with Crippen molar-refractivity contribution in [2.24, 2.45) is 10.9 Å². The van der Waals surface area contributed by atoms with Crippen LogP contribution in [0.15, 0.2) is 29.3 Å². The molecule has 1 heterocycles. The molecule has 26 heavy (non-hydrogen) atoms. The number of halogens is 1. The van der Waals surface area contributed by atoms with Crippen molar-refractivity contribution in [3.63, 3.8) is 0 Å². The lowest BCUT2D eigenvalue weighted by molar-refractivity contribution is -0.149. The molecule has 1 aromatic rings. The Kier molecular flexibility index (Phi) is 8.74. The Hall–Kier alpha value is -1.76. The van der Waals surface area contributed by atoms with Crippen LogP contribution in [0.4, 0.5) is 4.39 Å². The van der Waals surface area contributed by atoms with Crippen molar-refractivity contribution in [1.29, 1.82) is 0 Å². The van der Waals surface area contributed by atoms with E-state index in [0.29, 0.717) is 12.4 Å². The van der Waals surface area contributed by atoms with Crippen LogP contribution in [-0.4, -0.2) is 55.9 Å². The minimum Gasteiger partial charge on any atom is -0.466 e. The molecule has 0 aliphatic carbocycles. The third-order valence-electron chi connectivity index (χ3n) is 4.37. The van der Waals surface area contributed by atoms with Crippen LogP contribution in [0, 0.1) is 11.7 Å². The molecule has 1 fully saturated rings. The minimum atomic E-state index is -0.145. The molecule has 0 spiro atoms. The number of piperidine rings is 1. The summed E-state index contributed by atoms with van der Waals surface area (Å²) in [6.45, 7) is 4.64. The molecule has 2 rings (SSSR count). The number of guanidine groups is 1. The highest BCUT2D eigenvalue weighted by molar-refractivity contribution is 7.98. The number of thioether (sulfide) groups is 1.